The Morgan fingerprint density at radius 1 is 1.38 bits per heavy atom. The number of nitrogens with zero attached hydrogens (tertiary/aromatic N) is 1. The van der Waals surface area contributed by atoms with E-state index in [4.69, 9.17) is 9.15 Å². The molecule has 2 aromatic rings. The lowest BCUT2D eigenvalue weighted by molar-refractivity contribution is -0.131. The summed E-state index contributed by atoms with van der Waals surface area (Å²) in [4.78, 5) is 14.6. The summed E-state index contributed by atoms with van der Waals surface area (Å²) in [6.07, 6.45) is 4.27. The first-order valence-electron chi connectivity index (χ1n) is 8.74. The number of hydrogen-bond acceptors (Lipinski definition) is 4. The molecule has 1 aromatic carbocycles. The Balaban J connectivity index is 1.59. The van der Waals surface area contributed by atoms with Gasteiger partial charge in [0.25, 0.3) is 0 Å². The van der Waals surface area contributed by atoms with Crippen LogP contribution in [0.2, 0.25) is 0 Å². The summed E-state index contributed by atoms with van der Waals surface area (Å²) in [6.45, 7) is 5.92. The van der Waals surface area contributed by atoms with E-state index < -0.39 is 0 Å². The molecule has 3 rings (SSSR count). The van der Waals surface area contributed by atoms with Crippen LogP contribution in [0.5, 0.6) is 5.75 Å². The summed E-state index contributed by atoms with van der Waals surface area (Å²) in [5.74, 6) is 1.64. The Labute approximate surface area is 143 Å². The lowest BCUT2D eigenvalue weighted by Gasteiger charge is -2.32. The van der Waals surface area contributed by atoms with Crippen molar-refractivity contribution in [1.29, 1.82) is 0 Å². The van der Waals surface area contributed by atoms with Crippen molar-refractivity contribution < 1.29 is 13.9 Å². The maximum atomic E-state index is 12.6. The summed E-state index contributed by atoms with van der Waals surface area (Å²) < 4.78 is 10.8. The largest absolute Gasteiger partial charge is 0.497 e. The smallest absolute Gasteiger partial charge is 0.227 e. The molecular weight excluding hydrogens is 304 g/mol. The fourth-order valence-electron chi connectivity index (χ4n) is 3.34. The van der Waals surface area contributed by atoms with Gasteiger partial charge in [0.1, 0.15) is 11.3 Å². The lowest BCUT2D eigenvalue weighted by atomic mass is 9.96. The molecule has 0 aliphatic carbocycles. The van der Waals surface area contributed by atoms with Gasteiger partial charge in [0, 0.05) is 30.1 Å². The average molecular weight is 330 g/mol. The van der Waals surface area contributed by atoms with Crippen LogP contribution in [-0.2, 0) is 11.2 Å². The summed E-state index contributed by atoms with van der Waals surface area (Å²) >= 11 is 0. The number of fused-ring (bicyclic) bond motifs is 1. The van der Waals surface area contributed by atoms with Crippen molar-refractivity contribution >= 4 is 16.9 Å². The van der Waals surface area contributed by atoms with Crippen LogP contribution >= 0.6 is 0 Å². The van der Waals surface area contributed by atoms with Crippen LogP contribution in [0.1, 0.15) is 25.3 Å². The van der Waals surface area contributed by atoms with E-state index in [-0.39, 0.29) is 5.91 Å². The quantitative estimate of drug-likeness (QED) is 0.885. The lowest BCUT2D eigenvalue weighted by Crippen LogP contribution is -2.41. The Hall–Kier alpha value is -2.01. The first kappa shape index (κ1) is 16.8. The zero-order chi connectivity index (χ0) is 16.9. The number of carbonyl (C=O) groups excluding carboxylic acids is 1. The van der Waals surface area contributed by atoms with Gasteiger partial charge in [-0.25, -0.2) is 0 Å². The van der Waals surface area contributed by atoms with Crippen molar-refractivity contribution in [3.05, 3.63) is 30.0 Å². The zero-order valence-corrected chi connectivity index (χ0v) is 14.5. The van der Waals surface area contributed by atoms with Gasteiger partial charge in [-0.3, -0.25) is 4.79 Å². The maximum absolute atomic E-state index is 12.6. The molecule has 2 heterocycles. The second-order valence-corrected chi connectivity index (χ2v) is 6.43. The number of rotatable bonds is 6. The molecule has 0 radical (unpaired) electrons. The van der Waals surface area contributed by atoms with Crippen molar-refractivity contribution in [3.63, 3.8) is 0 Å². The Morgan fingerprint density at radius 2 is 2.17 bits per heavy atom. The van der Waals surface area contributed by atoms with Crippen LogP contribution in [0.25, 0.3) is 11.0 Å². The first-order valence-corrected chi connectivity index (χ1v) is 8.74. The number of hydrogen-bond donors (Lipinski definition) is 1. The van der Waals surface area contributed by atoms with Gasteiger partial charge in [0.15, 0.2) is 0 Å². The standard InChI is InChI=1S/C19H26N2O3/c1-3-20-12-14-6-8-21(9-7-14)19(22)10-15-13-24-18-11-16(23-2)4-5-17(15)18/h4-5,11,13-14,20H,3,6-10,12H2,1-2H3. The predicted molar refractivity (Wildman–Crippen MR) is 94.3 cm³/mol. The highest BCUT2D eigenvalue weighted by Crippen LogP contribution is 2.26. The molecular formula is C19H26N2O3. The van der Waals surface area contributed by atoms with Crippen LogP contribution in [0.3, 0.4) is 0 Å². The van der Waals surface area contributed by atoms with E-state index in [9.17, 15) is 4.79 Å². The predicted octanol–water partition coefficient (Wildman–Crippen LogP) is 2.83. The van der Waals surface area contributed by atoms with E-state index in [2.05, 4.69) is 12.2 Å². The molecule has 1 N–H and O–H groups in total. The molecule has 1 saturated heterocycles. The normalized spacial score (nSPS) is 15.8. The minimum Gasteiger partial charge on any atom is -0.497 e. The summed E-state index contributed by atoms with van der Waals surface area (Å²) in [6, 6.07) is 5.72. The Morgan fingerprint density at radius 3 is 2.88 bits per heavy atom. The molecule has 24 heavy (non-hydrogen) atoms. The molecule has 0 saturated carbocycles. The fourth-order valence-corrected chi connectivity index (χ4v) is 3.34. The molecule has 1 aliphatic rings. The third-order valence-corrected chi connectivity index (χ3v) is 4.85. The van der Waals surface area contributed by atoms with E-state index >= 15 is 0 Å². The summed E-state index contributed by atoms with van der Waals surface area (Å²) in [5, 5.41) is 4.39. The van der Waals surface area contributed by atoms with Crippen LogP contribution in [-0.4, -0.2) is 44.1 Å². The van der Waals surface area contributed by atoms with E-state index in [1.165, 1.54) is 0 Å². The van der Waals surface area contributed by atoms with Gasteiger partial charge in [0.05, 0.1) is 19.8 Å². The number of ether oxygens (including phenoxy) is 1. The number of benzene rings is 1. The SMILES string of the molecule is CCNCC1CCN(C(=O)Cc2coc3cc(OC)ccc23)CC1. The molecule has 130 valence electrons. The van der Waals surface area contributed by atoms with Crippen molar-refractivity contribution in [2.24, 2.45) is 5.92 Å². The van der Waals surface area contributed by atoms with Crippen molar-refractivity contribution in [2.45, 2.75) is 26.2 Å². The van der Waals surface area contributed by atoms with Crippen molar-refractivity contribution in [3.8, 4) is 5.75 Å². The van der Waals surface area contributed by atoms with Gasteiger partial charge in [-0.2, -0.15) is 0 Å². The second-order valence-electron chi connectivity index (χ2n) is 6.43. The van der Waals surface area contributed by atoms with Crippen LogP contribution in [0, 0.1) is 5.92 Å². The molecule has 1 aromatic heterocycles. The Bertz CT molecular complexity index is 687. The highest BCUT2D eigenvalue weighted by Gasteiger charge is 2.23. The number of furan rings is 1. The second kappa shape index (κ2) is 7.71. The third-order valence-electron chi connectivity index (χ3n) is 4.85. The molecule has 0 atom stereocenters. The number of methoxy groups -OCH3 is 1. The number of nitrogens with one attached hydrogen (secondary N) is 1. The van der Waals surface area contributed by atoms with Crippen LogP contribution in [0.15, 0.2) is 28.9 Å². The fraction of sp³-hybridized carbons (Fsp3) is 0.526. The van der Waals surface area contributed by atoms with Gasteiger partial charge in [-0.05, 0) is 44.0 Å². The number of likely N-dealkylation sites (tertiary alicyclic amines) is 1. The third kappa shape index (κ3) is 3.73. The molecule has 1 amide bonds. The average Bonchev–Trinajstić information content (AvgIpc) is 3.02. The molecule has 1 fully saturated rings. The summed E-state index contributed by atoms with van der Waals surface area (Å²) in [5.41, 5.74) is 1.72. The minimum absolute atomic E-state index is 0.190. The monoisotopic (exact) mass is 330 g/mol. The highest BCUT2D eigenvalue weighted by molar-refractivity contribution is 5.88. The number of piperidine rings is 1. The van der Waals surface area contributed by atoms with E-state index in [1.54, 1.807) is 13.4 Å². The molecule has 0 bridgehead atoms. The maximum Gasteiger partial charge on any atom is 0.227 e. The highest BCUT2D eigenvalue weighted by atomic mass is 16.5. The van der Waals surface area contributed by atoms with Crippen LogP contribution < -0.4 is 10.1 Å². The van der Waals surface area contributed by atoms with Crippen molar-refractivity contribution in [2.75, 3.05) is 33.3 Å². The molecule has 0 unspecified atom stereocenters. The van der Waals surface area contributed by atoms with Gasteiger partial charge < -0.3 is 19.4 Å². The number of amides is 1. The van der Waals surface area contributed by atoms with Gasteiger partial charge >= 0.3 is 0 Å². The molecule has 5 heteroatoms. The molecule has 1 aliphatic heterocycles. The molecule has 5 nitrogen and oxygen atoms in total. The minimum atomic E-state index is 0.190. The van der Waals surface area contributed by atoms with E-state index in [1.807, 2.05) is 23.1 Å². The summed E-state index contributed by atoms with van der Waals surface area (Å²) in [7, 11) is 1.63. The van der Waals surface area contributed by atoms with Gasteiger partial charge in [0.2, 0.25) is 5.91 Å². The van der Waals surface area contributed by atoms with Gasteiger partial charge in [-0.1, -0.05) is 6.92 Å². The zero-order valence-electron chi connectivity index (χ0n) is 14.5. The van der Waals surface area contributed by atoms with Crippen molar-refractivity contribution in [1.82, 2.24) is 10.2 Å². The first-order chi connectivity index (χ1) is 11.7. The van der Waals surface area contributed by atoms with E-state index in [0.717, 1.165) is 61.3 Å². The van der Waals surface area contributed by atoms with E-state index in [0.29, 0.717) is 12.3 Å². The Kier molecular flexibility index (Phi) is 5.41. The number of carbonyl (C=O) groups is 1. The topological polar surface area (TPSA) is 54.7 Å². The van der Waals surface area contributed by atoms with Crippen LogP contribution in [0.4, 0.5) is 0 Å². The molecule has 0 spiro atoms. The van der Waals surface area contributed by atoms with Gasteiger partial charge in [-0.15, -0.1) is 0 Å².